The molecule has 2 amide bonds. The van der Waals surface area contributed by atoms with Crippen LogP contribution in [-0.2, 0) is 9.59 Å². The first-order valence-electron chi connectivity index (χ1n) is 10.7. The van der Waals surface area contributed by atoms with Crippen LogP contribution >= 0.6 is 11.6 Å². The molecular formula is C25H23ClN2O3. The summed E-state index contributed by atoms with van der Waals surface area (Å²) in [5.74, 6) is -1.83. The van der Waals surface area contributed by atoms with Gasteiger partial charge < -0.3 is 4.90 Å². The van der Waals surface area contributed by atoms with Crippen molar-refractivity contribution in [3.8, 4) is 0 Å². The Bertz CT molecular complexity index is 1110. The zero-order valence-corrected chi connectivity index (χ0v) is 18.1. The number of hydrogen-bond donors (Lipinski definition) is 0. The van der Waals surface area contributed by atoms with Crippen molar-refractivity contribution in [2.24, 2.45) is 11.8 Å². The minimum atomic E-state index is -0.743. The molecule has 5 rings (SSSR count). The molecule has 0 N–H and O–H groups in total. The van der Waals surface area contributed by atoms with E-state index in [2.05, 4.69) is 0 Å². The summed E-state index contributed by atoms with van der Waals surface area (Å²) in [4.78, 5) is 44.1. The van der Waals surface area contributed by atoms with Crippen molar-refractivity contribution < 1.29 is 14.4 Å². The van der Waals surface area contributed by atoms with E-state index in [0.717, 1.165) is 11.3 Å². The third-order valence-electron chi connectivity index (χ3n) is 6.86. The quantitative estimate of drug-likeness (QED) is 0.534. The smallest absolute Gasteiger partial charge is 0.236 e. The second kappa shape index (κ2) is 7.34. The fourth-order valence-electron chi connectivity index (χ4n) is 5.26. The maximum atomic E-state index is 13.7. The van der Waals surface area contributed by atoms with Crippen LogP contribution in [0.15, 0.2) is 54.6 Å². The highest BCUT2D eigenvalue weighted by molar-refractivity contribution is 6.30. The molecule has 0 spiro atoms. The highest BCUT2D eigenvalue weighted by Crippen LogP contribution is 2.49. The van der Waals surface area contributed by atoms with Gasteiger partial charge in [-0.25, -0.2) is 0 Å². The fourth-order valence-corrected chi connectivity index (χ4v) is 5.44. The third kappa shape index (κ3) is 2.87. The minimum absolute atomic E-state index is 0.138. The van der Waals surface area contributed by atoms with Crippen LogP contribution in [0.3, 0.4) is 0 Å². The Morgan fingerprint density at radius 2 is 1.77 bits per heavy atom. The zero-order chi connectivity index (χ0) is 21.9. The lowest BCUT2D eigenvalue weighted by Gasteiger charge is -2.37. The molecular weight excluding hydrogens is 412 g/mol. The second-order valence-corrected chi connectivity index (χ2v) is 8.93. The number of amides is 2. The Kier molecular flexibility index (Phi) is 4.74. The van der Waals surface area contributed by atoms with E-state index in [9.17, 15) is 14.4 Å². The number of nitrogens with zero attached hydrogens (tertiary/aromatic N) is 2. The molecule has 2 fully saturated rings. The molecule has 0 aliphatic carbocycles. The van der Waals surface area contributed by atoms with Gasteiger partial charge in [0.15, 0.2) is 5.78 Å². The summed E-state index contributed by atoms with van der Waals surface area (Å²) in [6.07, 6.45) is 4.57. The van der Waals surface area contributed by atoms with Crippen LogP contribution < -0.4 is 4.90 Å². The Morgan fingerprint density at radius 1 is 1.06 bits per heavy atom. The second-order valence-electron chi connectivity index (χ2n) is 8.49. The van der Waals surface area contributed by atoms with E-state index in [1.165, 1.54) is 4.90 Å². The van der Waals surface area contributed by atoms with Gasteiger partial charge in [-0.05, 0) is 37.1 Å². The molecule has 0 aromatic heterocycles. The van der Waals surface area contributed by atoms with Gasteiger partial charge in [0, 0.05) is 22.3 Å². The number of likely N-dealkylation sites (tertiary alicyclic amines) is 1. The first-order chi connectivity index (χ1) is 14.9. The fraction of sp³-hybridized carbons (Fsp3) is 0.320. The van der Waals surface area contributed by atoms with E-state index < -0.39 is 17.9 Å². The van der Waals surface area contributed by atoms with Crippen molar-refractivity contribution in [2.45, 2.75) is 38.4 Å². The number of imide groups is 1. The summed E-state index contributed by atoms with van der Waals surface area (Å²) in [6.45, 7) is 3.84. The van der Waals surface area contributed by atoms with Gasteiger partial charge in [0.05, 0.1) is 17.9 Å². The number of halogens is 1. The van der Waals surface area contributed by atoms with Gasteiger partial charge in [0.1, 0.15) is 6.04 Å². The summed E-state index contributed by atoms with van der Waals surface area (Å²) in [5.41, 5.74) is 2.25. The van der Waals surface area contributed by atoms with E-state index in [1.54, 1.807) is 18.2 Å². The van der Waals surface area contributed by atoms with Crippen molar-refractivity contribution in [3.63, 3.8) is 0 Å². The van der Waals surface area contributed by atoms with Crippen molar-refractivity contribution >= 4 is 41.0 Å². The predicted octanol–water partition coefficient (Wildman–Crippen LogP) is 4.21. The van der Waals surface area contributed by atoms with Crippen LogP contribution in [-0.4, -0.2) is 40.6 Å². The number of Topliss-reactive ketones (excluding diaryl/α,β-unsaturated/α-hetero) is 1. The van der Waals surface area contributed by atoms with Gasteiger partial charge in [0.25, 0.3) is 0 Å². The summed E-state index contributed by atoms with van der Waals surface area (Å²) < 4.78 is 0. The highest BCUT2D eigenvalue weighted by atomic mass is 35.5. The maximum Gasteiger partial charge on any atom is 0.236 e. The number of carbonyl (C=O) groups is 3. The first kappa shape index (κ1) is 20.0. The topological polar surface area (TPSA) is 57.7 Å². The van der Waals surface area contributed by atoms with Crippen molar-refractivity contribution in [1.29, 1.82) is 0 Å². The van der Waals surface area contributed by atoms with Crippen molar-refractivity contribution in [2.75, 3.05) is 4.90 Å². The maximum absolute atomic E-state index is 13.7. The molecule has 2 aromatic rings. The van der Waals surface area contributed by atoms with Gasteiger partial charge in [-0.1, -0.05) is 61.0 Å². The average Bonchev–Trinajstić information content (AvgIpc) is 3.26. The van der Waals surface area contributed by atoms with Gasteiger partial charge in [-0.2, -0.15) is 0 Å². The van der Waals surface area contributed by atoms with E-state index in [1.807, 2.05) is 61.2 Å². The van der Waals surface area contributed by atoms with Crippen LogP contribution in [0.5, 0.6) is 0 Å². The summed E-state index contributed by atoms with van der Waals surface area (Å²) in [6, 6.07) is 13.2. The Hall–Kier alpha value is -2.92. The van der Waals surface area contributed by atoms with Crippen LogP contribution in [0, 0.1) is 11.8 Å². The van der Waals surface area contributed by atoms with Crippen LogP contribution in [0.2, 0.25) is 5.02 Å². The molecule has 3 aliphatic heterocycles. The van der Waals surface area contributed by atoms with Crippen molar-refractivity contribution in [3.05, 3.63) is 70.8 Å². The lowest BCUT2D eigenvalue weighted by atomic mass is 9.86. The molecule has 2 aromatic carbocycles. The molecule has 158 valence electrons. The highest BCUT2D eigenvalue weighted by Gasteiger charge is 2.64. The monoisotopic (exact) mass is 434 g/mol. The Balaban J connectivity index is 1.66. The van der Waals surface area contributed by atoms with Crippen LogP contribution in [0.4, 0.5) is 5.69 Å². The first-order valence-corrected chi connectivity index (χ1v) is 11.0. The number of anilines is 1. The van der Waals surface area contributed by atoms with E-state index in [4.69, 9.17) is 11.6 Å². The molecule has 0 saturated carbocycles. The van der Waals surface area contributed by atoms with Gasteiger partial charge in [-0.15, -0.1) is 0 Å². The van der Waals surface area contributed by atoms with E-state index in [-0.39, 0.29) is 29.7 Å². The molecule has 6 heteroatoms. The molecule has 5 nitrogen and oxygen atoms in total. The zero-order valence-electron chi connectivity index (χ0n) is 17.4. The minimum Gasteiger partial charge on any atom is -0.352 e. The molecule has 3 heterocycles. The number of benzene rings is 2. The average molecular weight is 435 g/mol. The standard InChI is InChI=1S/C25H23ClN2O3/c1-3-14(2)27-24(30)20-19-11-9-16-13-17(26)10-12-18(16)28(19)22(21(20)25(27)31)23(29)15-7-5-4-6-8-15/h4-14,19-22H,3H2,1-2H3/t14-,19+,20-,21-,22+/m0/s1. The SMILES string of the molecule is CC[C@H](C)N1C(=O)[C@@H]2[C@H](C1=O)[C@H](C(=O)c1ccccc1)N1c3ccc(Cl)cc3C=C[C@H]21. The summed E-state index contributed by atoms with van der Waals surface area (Å²) in [7, 11) is 0. The summed E-state index contributed by atoms with van der Waals surface area (Å²) >= 11 is 6.19. The largest absolute Gasteiger partial charge is 0.352 e. The van der Waals surface area contributed by atoms with Crippen molar-refractivity contribution in [1.82, 2.24) is 4.90 Å². The number of hydrogen-bond acceptors (Lipinski definition) is 4. The van der Waals surface area contributed by atoms with Crippen LogP contribution in [0.25, 0.3) is 6.08 Å². The third-order valence-corrected chi connectivity index (χ3v) is 7.10. The Labute approximate surface area is 186 Å². The van der Waals surface area contributed by atoms with Crippen LogP contribution in [0.1, 0.15) is 36.2 Å². The van der Waals surface area contributed by atoms with Gasteiger partial charge in [0.2, 0.25) is 11.8 Å². The normalized spacial score (nSPS) is 27.2. The Morgan fingerprint density at radius 3 is 2.48 bits per heavy atom. The number of fused-ring (bicyclic) bond motifs is 5. The molecule has 0 unspecified atom stereocenters. The molecule has 3 aliphatic rings. The molecule has 5 atom stereocenters. The molecule has 0 radical (unpaired) electrons. The number of carbonyl (C=O) groups excluding carboxylic acids is 3. The summed E-state index contributed by atoms with van der Waals surface area (Å²) in [5, 5.41) is 0.599. The van der Waals surface area contributed by atoms with Gasteiger partial charge >= 0.3 is 0 Å². The number of ketones is 1. The molecule has 2 saturated heterocycles. The number of rotatable bonds is 4. The molecule has 31 heavy (non-hydrogen) atoms. The molecule has 0 bridgehead atoms. The van der Waals surface area contributed by atoms with E-state index in [0.29, 0.717) is 17.0 Å². The predicted molar refractivity (Wildman–Crippen MR) is 120 cm³/mol. The lowest BCUT2D eigenvalue weighted by molar-refractivity contribution is -0.142. The lowest BCUT2D eigenvalue weighted by Crippen LogP contribution is -2.50. The van der Waals surface area contributed by atoms with Gasteiger partial charge in [-0.3, -0.25) is 19.3 Å². The van der Waals surface area contributed by atoms with E-state index >= 15 is 0 Å².